The minimum absolute atomic E-state index is 0.227. The summed E-state index contributed by atoms with van der Waals surface area (Å²) in [6, 6.07) is 8.07. The van der Waals surface area contributed by atoms with Gasteiger partial charge in [0.05, 0.1) is 24.0 Å². The molecule has 1 aromatic carbocycles. The van der Waals surface area contributed by atoms with E-state index in [1.807, 2.05) is 29.6 Å². The van der Waals surface area contributed by atoms with Crippen LogP contribution in [-0.4, -0.2) is 66.5 Å². The summed E-state index contributed by atoms with van der Waals surface area (Å²) >= 11 is 1.63. The molecule has 1 aromatic heterocycles. The van der Waals surface area contributed by atoms with Crippen LogP contribution in [0.1, 0.15) is 18.4 Å². The minimum atomic E-state index is -0.727. The lowest BCUT2D eigenvalue weighted by Crippen LogP contribution is -2.49. The first kappa shape index (κ1) is 18.8. The summed E-state index contributed by atoms with van der Waals surface area (Å²) in [6.07, 6.45) is 0.918. The predicted octanol–water partition coefficient (Wildman–Crippen LogP) is 3.37. The molecule has 7 nitrogen and oxygen atoms in total. The van der Waals surface area contributed by atoms with E-state index in [2.05, 4.69) is 15.1 Å². The molecule has 2 aromatic rings. The quantitative estimate of drug-likeness (QED) is 0.801. The summed E-state index contributed by atoms with van der Waals surface area (Å²) in [5.74, 6) is 1.05. The number of aliphatic imine (C=N–C) groups is 1. The summed E-state index contributed by atoms with van der Waals surface area (Å²) in [5.41, 5.74) is 2.94. The van der Waals surface area contributed by atoms with E-state index < -0.39 is 5.97 Å². The second kappa shape index (κ2) is 8.20. The topological polar surface area (TPSA) is 77.4 Å². The van der Waals surface area contributed by atoms with Gasteiger partial charge in [0.25, 0.3) is 0 Å². The molecule has 0 bridgehead atoms. The number of thiophene rings is 1. The second-order valence-corrected chi connectivity index (χ2v) is 7.79. The maximum Gasteiger partial charge on any atom is 0.303 e. The highest BCUT2D eigenvalue weighted by Gasteiger charge is 2.28. The molecule has 4 rings (SSSR count). The number of piperazine rings is 1. The maximum atomic E-state index is 10.7. The number of rotatable bonds is 5. The Hall–Kier alpha value is -2.58. The van der Waals surface area contributed by atoms with Crippen molar-refractivity contribution in [2.24, 2.45) is 4.99 Å². The highest BCUT2D eigenvalue weighted by atomic mass is 32.1. The Labute approximate surface area is 168 Å². The van der Waals surface area contributed by atoms with Crippen molar-refractivity contribution in [3.8, 4) is 5.75 Å². The Morgan fingerprint density at radius 3 is 2.82 bits per heavy atom. The minimum Gasteiger partial charge on any atom is -0.495 e. The molecule has 0 atom stereocenters. The number of carboxylic acid groups (broad SMARTS) is 1. The standard InChI is InChI=1S/C20H24N4O3S/c1-27-16-13-28-20-18(16)19(21-14-5-2-3-6-15(14)22-20)24-11-9-23(10-12-24)8-4-7-17(25)26/h2-3,5-6,13,22H,4,7-12H2,1H3,(H,25,26). The number of ether oxygens (including phenoxy) is 1. The monoisotopic (exact) mass is 400 g/mol. The van der Waals surface area contributed by atoms with Crippen molar-refractivity contribution in [3.05, 3.63) is 35.2 Å². The lowest BCUT2D eigenvalue weighted by molar-refractivity contribution is -0.137. The lowest BCUT2D eigenvalue weighted by Gasteiger charge is -2.36. The number of benzene rings is 1. The predicted molar refractivity (Wildman–Crippen MR) is 112 cm³/mol. The smallest absolute Gasteiger partial charge is 0.303 e. The number of carbonyl (C=O) groups is 1. The van der Waals surface area contributed by atoms with Gasteiger partial charge in [-0.15, -0.1) is 11.3 Å². The molecule has 0 aliphatic carbocycles. The molecule has 2 aliphatic rings. The van der Waals surface area contributed by atoms with Gasteiger partial charge in [-0.25, -0.2) is 4.99 Å². The van der Waals surface area contributed by atoms with Crippen LogP contribution in [0.2, 0.25) is 0 Å². The zero-order chi connectivity index (χ0) is 19.5. The van der Waals surface area contributed by atoms with Gasteiger partial charge in [-0.1, -0.05) is 12.1 Å². The second-order valence-electron chi connectivity index (χ2n) is 6.91. The number of hydrogen-bond donors (Lipinski definition) is 2. The number of para-hydroxylation sites is 2. The molecule has 0 unspecified atom stereocenters. The van der Waals surface area contributed by atoms with Crippen LogP contribution in [0.25, 0.3) is 0 Å². The molecular formula is C20H24N4O3S. The van der Waals surface area contributed by atoms with E-state index in [0.29, 0.717) is 6.42 Å². The Kier molecular flexibility index (Phi) is 5.50. The van der Waals surface area contributed by atoms with E-state index >= 15 is 0 Å². The van der Waals surface area contributed by atoms with E-state index in [1.165, 1.54) is 0 Å². The van der Waals surface area contributed by atoms with E-state index in [9.17, 15) is 4.79 Å². The number of carboxylic acids is 1. The number of amidine groups is 1. The molecule has 1 fully saturated rings. The summed E-state index contributed by atoms with van der Waals surface area (Å²) in [7, 11) is 1.69. The Balaban J connectivity index is 1.56. The molecule has 2 N–H and O–H groups in total. The SMILES string of the molecule is COc1csc2c1C(N1CCN(CCCC(=O)O)CC1)=Nc1ccccc1N2. The Bertz CT molecular complexity index is 887. The number of nitrogens with zero attached hydrogens (tertiary/aromatic N) is 3. The molecule has 0 radical (unpaired) electrons. The summed E-state index contributed by atoms with van der Waals surface area (Å²) in [5, 5.41) is 15.4. The van der Waals surface area contributed by atoms with Gasteiger partial charge in [-0.05, 0) is 25.1 Å². The van der Waals surface area contributed by atoms with Gasteiger partial charge in [-0.3, -0.25) is 9.69 Å². The Morgan fingerprint density at radius 2 is 2.07 bits per heavy atom. The lowest BCUT2D eigenvalue weighted by atomic mass is 10.2. The average Bonchev–Trinajstić information content (AvgIpc) is 3.02. The van der Waals surface area contributed by atoms with Gasteiger partial charge in [-0.2, -0.15) is 0 Å². The van der Waals surface area contributed by atoms with Crippen LogP contribution >= 0.6 is 11.3 Å². The van der Waals surface area contributed by atoms with Crippen molar-refractivity contribution in [2.75, 3.05) is 45.2 Å². The molecule has 0 amide bonds. The van der Waals surface area contributed by atoms with Crippen LogP contribution in [0.4, 0.5) is 16.4 Å². The van der Waals surface area contributed by atoms with Crippen LogP contribution < -0.4 is 10.1 Å². The van der Waals surface area contributed by atoms with E-state index in [1.54, 1.807) is 18.4 Å². The van der Waals surface area contributed by atoms with Crippen molar-refractivity contribution in [3.63, 3.8) is 0 Å². The summed E-state index contributed by atoms with van der Waals surface area (Å²) in [4.78, 5) is 20.4. The summed E-state index contributed by atoms with van der Waals surface area (Å²) in [6.45, 7) is 4.33. The van der Waals surface area contributed by atoms with Crippen LogP contribution in [0.5, 0.6) is 5.75 Å². The van der Waals surface area contributed by atoms with Crippen molar-refractivity contribution in [2.45, 2.75) is 12.8 Å². The maximum absolute atomic E-state index is 10.7. The highest BCUT2D eigenvalue weighted by molar-refractivity contribution is 7.15. The van der Waals surface area contributed by atoms with Crippen LogP contribution in [0.15, 0.2) is 34.6 Å². The van der Waals surface area contributed by atoms with E-state index in [4.69, 9.17) is 14.8 Å². The zero-order valence-corrected chi connectivity index (χ0v) is 16.7. The fourth-order valence-corrected chi connectivity index (χ4v) is 4.55. The number of aliphatic carboxylic acids is 1. The van der Waals surface area contributed by atoms with Gasteiger partial charge >= 0.3 is 5.97 Å². The van der Waals surface area contributed by atoms with Crippen LogP contribution in [0.3, 0.4) is 0 Å². The van der Waals surface area contributed by atoms with Gasteiger partial charge in [0.15, 0.2) is 0 Å². The number of anilines is 2. The molecule has 0 spiro atoms. The fraction of sp³-hybridized carbons (Fsp3) is 0.400. The van der Waals surface area contributed by atoms with Gasteiger partial charge in [0, 0.05) is 38.0 Å². The van der Waals surface area contributed by atoms with Gasteiger partial charge in [0.1, 0.15) is 16.6 Å². The first-order chi connectivity index (χ1) is 13.7. The molecule has 0 saturated carbocycles. The molecule has 8 heteroatoms. The molecule has 28 heavy (non-hydrogen) atoms. The number of nitrogens with one attached hydrogen (secondary N) is 1. The molecule has 1 saturated heterocycles. The third-order valence-corrected chi connectivity index (χ3v) is 5.99. The third kappa shape index (κ3) is 3.83. The third-order valence-electron chi connectivity index (χ3n) is 5.12. The van der Waals surface area contributed by atoms with Crippen LogP contribution in [0, 0.1) is 0 Å². The number of fused-ring (bicyclic) bond motifs is 2. The van der Waals surface area contributed by atoms with Crippen molar-refractivity contribution >= 4 is 39.5 Å². The van der Waals surface area contributed by atoms with Crippen molar-refractivity contribution in [1.82, 2.24) is 9.80 Å². The van der Waals surface area contributed by atoms with Crippen molar-refractivity contribution < 1.29 is 14.6 Å². The fourth-order valence-electron chi connectivity index (χ4n) is 3.63. The largest absolute Gasteiger partial charge is 0.495 e. The summed E-state index contributed by atoms with van der Waals surface area (Å²) < 4.78 is 5.62. The molecular weight excluding hydrogens is 376 g/mol. The van der Waals surface area contributed by atoms with Crippen molar-refractivity contribution in [1.29, 1.82) is 0 Å². The normalized spacial score (nSPS) is 16.5. The number of hydrogen-bond acceptors (Lipinski definition) is 7. The average molecular weight is 401 g/mol. The van der Waals surface area contributed by atoms with Gasteiger partial charge in [0.2, 0.25) is 0 Å². The molecule has 148 valence electrons. The molecule has 2 aliphatic heterocycles. The number of methoxy groups -OCH3 is 1. The van der Waals surface area contributed by atoms with Crippen LogP contribution in [-0.2, 0) is 4.79 Å². The molecule has 3 heterocycles. The zero-order valence-electron chi connectivity index (χ0n) is 15.9. The highest BCUT2D eigenvalue weighted by Crippen LogP contribution is 2.42. The van der Waals surface area contributed by atoms with E-state index in [0.717, 1.165) is 66.2 Å². The van der Waals surface area contributed by atoms with Gasteiger partial charge < -0.3 is 20.1 Å². The first-order valence-electron chi connectivity index (χ1n) is 9.45. The first-order valence-corrected chi connectivity index (χ1v) is 10.3. The Morgan fingerprint density at radius 1 is 1.29 bits per heavy atom. The van der Waals surface area contributed by atoms with E-state index in [-0.39, 0.29) is 6.42 Å².